The minimum Gasteiger partial charge on any atom is -0.288 e. The number of benzene rings is 1. The van der Waals surface area contributed by atoms with Crippen molar-refractivity contribution in [2.45, 2.75) is 18.8 Å². The fourth-order valence-corrected chi connectivity index (χ4v) is 2.55. The van der Waals surface area contributed by atoms with Gasteiger partial charge in [-0.1, -0.05) is 6.07 Å². The van der Waals surface area contributed by atoms with Gasteiger partial charge in [0, 0.05) is 12.1 Å². The monoisotopic (exact) mass is 219 g/mol. The zero-order valence-corrected chi connectivity index (χ0v) is 8.71. The van der Waals surface area contributed by atoms with Gasteiger partial charge in [0.05, 0.1) is 6.54 Å². The van der Waals surface area contributed by atoms with Gasteiger partial charge in [-0.15, -0.1) is 0 Å². The van der Waals surface area contributed by atoms with Crippen molar-refractivity contribution < 1.29 is 8.78 Å². The fourth-order valence-electron chi connectivity index (χ4n) is 2.55. The van der Waals surface area contributed by atoms with E-state index in [0.29, 0.717) is 0 Å². The normalized spacial score (nSPS) is 23.0. The summed E-state index contributed by atoms with van der Waals surface area (Å²) in [4.78, 5) is 4.22. The van der Waals surface area contributed by atoms with Crippen molar-refractivity contribution >= 4 is 6.21 Å². The number of rotatable bonds is 1. The van der Waals surface area contributed by atoms with Crippen LogP contribution in [0.1, 0.15) is 24.3 Å². The first-order valence-corrected chi connectivity index (χ1v) is 5.42. The van der Waals surface area contributed by atoms with Gasteiger partial charge < -0.3 is 0 Å². The van der Waals surface area contributed by atoms with Crippen LogP contribution in [0.4, 0.5) is 8.78 Å². The third kappa shape index (κ3) is 1.39. The second kappa shape index (κ2) is 3.51. The molecule has 0 fully saturated rings. The quantitative estimate of drug-likeness (QED) is 0.687. The van der Waals surface area contributed by atoms with Crippen molar-refractivity contribution in [2.24, 2.45) is 4.99 Å². The Labute approximate surface area is 92.5 Å². The standard InChI is InChI=1S/C13H11F2N/c14-12-4-2-8(5-13(12)15)10-3-1-9-6-16-7-11(9)10/h2,4-5,7,10H,1,3,6H2. The summed E-state index contributed by atoms with van der Waals surface area (Å²) in [7, 11) is 0. The van der Waals surface area contributed by atoms with Crippen molar-refractivity contribution in [1.82, 2.24) is 0 Å². The second-order valence-electron chi connectivity index (χ2n) is 4.29. The SMILES string of the molecule is Fc1ccc(C2CCC3=C2C=NC3)cc1F. The molecule has 0 bridgehead atoms. The molecule has 1 atom stereocenters. The van der Waals surface area contributed by atoms with E-state index < -0.39 is 11.6 Å². The highest BCUT2D eigenvalue weighted by molar-refractivity contribution is 5.85. The highest BCUT2D eigenvalue weighted by Crippen LogP contribution is 2.40. The molecule has 1 aromatic carbocycles. The van der Waals surface area contributed by atoms with Crippen molar-refractivity contribution in [1.29, 1.82) is 0 Å². The van der Waals surface area contributed by atoms with Gasteiger partial charge in [-0.05, 0) is 41.7 Å². The molecule has 1 aliphatic heterocycles. The molecule has 2 aliphatic rings. The molecule has 0 spiro atoms. The molecule has 0 radical (unpaired) electrons. The number of halogens is 2. The highest BCUT2D eigenvalue weighted by Gasteiger charge is 2.28. The first-order valence-electron chi connectivity index (χ1n) is 5.42. The van der Waals surface area contributed by atoms with Crippen LogP contribution in [-0.4, -0.2) is 12.8 Å². The number of nitrogens with zero attached hydrogens (tertiary/aromatic N) is 1. The lowest BCUT2D eigenvalue weighted by Gasteiger charge is -2.12. The molecule has 3 heteroatoms. The Hall–Kier alpha value is -1.51. The first kappa shape index (κ1) is 9.70. The van der Waals surface area contributed by atoms with Crippen LogP contribution >= 0.6 is 0 Å². The smallest absolute Gasteiger partial charge is 0.159 e. The van der Waals surface area contributed by atoms with Crippen LogP contribution in [0.15, 0.2) is 34.3 Å². The molecule has 1 heterocycles. The summed E-state index contributed by atoms with van der Waals surface area (Å²) in [5.41, 5.74) is 3.43. The third-order valence-corrected chi connectivity index (χ3v) is 3.38. The van der Waals surface area contributed by atoms with Crippen molar-refractivity contribution in [2.75, 3.05) is 6.54 Å². The topological polar surface area (TPSA) is 12.4 Å². The lowest BCUT2D eigenvalue weighted by atomic mass is 9.93. The lowest BCUT2D eigenvalue weighted by molar-refractivity contribution is 0.506. The lowest BCUT2D eigenvalue weighted by Crippen LogP contribution is -2.00. The van der Waals surface area contributed by atoms with Gasteiger partial charge in [-0.3, -0.25) is 4.99 Å². The summed E-state index contributed by atoms with van der Waals surface area (Å²) < 4.78 is 26.0. The Bertz CT molecular complexity index is 503. The van der Waals surface area contributed by atoms with Crippen LogP contribution < -0.4 is 0 Å². The Morgan fingerprint density at radius 2 is 2.06 bits per heavy atom. The van der Waals surface area contributed by atoms with E-state index in [1.807, 2.05) is 6.21 Å². The molecule has 1 unspecified atom stereocenters. The van der Waals surface area contributed by atoms with Crippen LogP contribution in [0.3, 0.4) is 0 Å². The minimum atomic E-state index is -0.781. The number of aliphatic imine (C=N–C) groups is 1. The molecule has 3 rings (SSSR count). The predicted molar refractivity (Wildman–Crippen MR) is 58.7 cm³/mol. The maximum Gasteiger partial charge on any atom is 0.159 e. The largest absolute Gasteiger partial charge is 0.288 e. The molecule has 1 aliphatic carbocycles. The second-order valence-corrected chi connectivity index (χ2v) is 4.29. The maximum absolute atomic E-state index is 13.2. The Kier molecular flexibility index (Phi) is 2.13. The van der Waals surface area contributed by atoms with Crippen LogP contribution in [0.2, 0.25) is 0 Å². The van der Waals surface area contributed by atoms with Crippen molar-refractivity contribution in [3.05, 3.63) is 46.5 Å². The van der Waals surface area contributed by atoms with Crippen LogP contribution in [0, 0.1) is 11.6 Å². The van der Waals surface area contributed by atoms with Gasteiger partial charge in [-0.2, -0.15) is 0 Å². The summed E-state index contributed by atoms with van der Waals surface area (Å²) in [6, 6.07) is 4.18. The molecule has 16 heavy (non-hydrogen) atoms. The van der Waals surface area contributed by atoms with Crippen molar-refractivity contribution in [3.63, 3.8) is 0 Å². The molecule has 0 amide bonds. The average molecular weight is 219 g/mol. The Morgan fingerprint density at radius 3 is 2.88 bits per heavy atom. The first-order chi connectivity index (χ1) is 7.75. The zero-order valence-electron chi connectivity index (χ0n) is 8.71. The van der Waals surface area contributed by atoms with E-state index in [4.69, 9.17) is 0 Å². The van der Waals surface area contributed by atoms with E-state index >= 15 is 0 Å². The van der Waals surface area contributed by atoms with E-state index in [9.17, 15) is 8.78 Å². The van der Waals surface area contributed by atoms with Gasteiger partial charge in [-0.25, -0.2) is 8.78 Å². The molecular weight excluding hydrogens is 208 g/mol. The average Bonchev–Trinajstić information content (AvgIpc) is 2.83. The fraction of sp³-hybridized carbons (Fsp3) is 0.308. The van der Waals surface area contributed by atoms with Crippen LogP contribution in [0.5, 0.6) is 0 Å². The molecular formula is C13H11F2N. The van der Waals surface area contributed by atoms with Crippen molar-refractivity contribution in [3.8, 4) is 0 Å². The van der Waals surface area contributed by atoms with E-state index in [2.05, 4.69) is 4.99 Å². The summed E-state index contributed by atoms with van der Waals surface area (Å²) in [6.07, 6.45) is 3.90. The summed E-state index contributed by atoms with van der Waals surface area (Å²) in [5.74, 6) is -1.34. The van der Waals surface area contributed by atoms with Gasteiger partial charge in [0.1, 0.15) is 0 Å². The summed E-state index contributed by atoms with van der Waals surface area (Å²) >= 11 is 0. The van der Waals surface area contributed by atoms with Crippen LogP contribution in [0.25, 0.3) is 0 Å². The van der Waals surface area contributed by atoms with Gasteiger partial charge in [0.15, 0.2) is 11.6 Å². The number of hydrogen-bond donors (Lipinski definition) is 0. The number of hydrogen-bond acceptors (Lipinski definition) is 1. The molecule has 1 aromatic rings. The Balaban J connectivity index is 1.99. The minimum absolute atomic E-state index is 0.205. The maximum atomic E-state index is 13.2. The molecule has 0 aromatic heterocycles. The number of allylic oxidation sites excluding steroid dienone is 1. The zero-order chi connectivity index (χ0) is 11.1. The summed E-state index contributed by atoms with van der Waals surface area (Å²) in [6.45, 7) is 0.787. The Morgan fingerprint density at radius 1 is 1.19 bits per heavy atom. The van der Waals surface area contributed by atoms with E-state index in [-0.39, 0.29) is 5.92 Å². The van der Waals surface area contributed by atoms with E-state index in [0.717, 1.165) is 24.9 Å². The molecule has 82 valence electrons. The van der Waals surface area contributed by atoms with E-state index in [1.54, 1.807) is 6.07 Å². The van der Waals surface area contributed by atoms with E-state index in [1.165, 1.54) is 23.3 Å². The van der Waals surface area contributed by atoms with Gasteiger partial charge in [0.2, 0.25) is 0 Å². The third-order valence-electron chi connectivity index (χ3n) is 3.38. The molecule has 0 N–H and O–H groups in total. The highest BCUT2D eigenvalue weighted by atomic mass is 19.2. The predicted octanol–water partition coefficient (Wildman–Crippen LogP) is 3.22. The molecule has 0 saturated carbocycles. The van der Waals surface area contributed by atoms with Crippen LogP contribution in [-0.2, 0) is 0 Å². The van der Waals surface area contributed by atoms with Gasteiger partial charge in [0.25, 0.3) is 0 Å². The van der Waals surface area contributed by atoms with Gasteiger partial charge >= 0.3 is 0 Å². The molecule has 1 nitrogen and oxygen atoms in total. The summed E-state index contributed by atoms with van der Waals surface area (Å²) in [5, 5.41) is 0. The molecule has 0 saturated heterocycles.